The van der Waals surface area contributed by atoms with Crippen LogP contribution in [0, 0.1) is 0 Å². The minimum Gasteiger partial charge on any atom is -0.467 e. The van der Waals surface area contributed by atoms with E-state index >= 15 is 0 Å². The van der Waals surface area contributed by atoms with Crippen molar-refractivity contribution >= 4 is 5.91 Å². The second-order valence-electron chi connectivity index (χ2n) is 4.76. The Kier molecular flexibility index (Phi) is 4.96. The predicted molar refractivity (Wildman–Crippen MR) is 78.0 cm³/mol. The van der Waals surface area contributed by atoms with Crippen LogP contribution in [0.1, 0.15) is 37.1 Å². The average molecular weight is 272 g/mol. The number of hydrogen-bond acceptors (Lipinski definition) is 3. The summed E-state index contributed by atoms with van der Waals surface area (Å²) in [6, 6.07) is 12.6. The minimum atomic E-state index is -0.485. The van der Waals surface area contributed by atoms with Crippen LogP contribution in [0.3, 0.4) is 0 Å². The quantitative estimate of drug-likeness (QED) is 0.849. The summed E-state index contributed by atoms with van der Waals surface area (Å²) < 4.78 is 5.44. The van der Waals surface area contributed by atoms with Crippen molar-refractivity contribution in [1.82, 2.24) is 5.32 Å². The van der Waals surface area contributed by atoms with Crippen LogP contribution >= 0.6 is 0 Å². The van der Waals surface area contributed by atoms with Gasteiger partial charge in [0, 0.05) is 0 Å². The molecule has 106 valence electrons. The number of nitrogens with one attached hydrogen (secondary N) is 1. The number of furan rings is 1. The Morgan fingerprint density at radius 1 is 1.25 bits per heavy atom. The topological polar surface area (TPSA) is 68.3 Å². The molecular weight excluding hydrogens is 252 g/mol. The molecule has 2 rings (SSSR count). The Balaban J connectivity index is 2.18. The van der Waals surface area contributed by atoms with E-state index in [0.717, 1.165) is 12.0 Å². The van der Waals surface area contributed by atoms with Crippen molar-refractivity contribution in [2.45, 2.75) is 31.8 Å². The lowest BCUT2D eigenvalue weighted by Crippen LogP contribution is -2.42. The first-order valence-corrected chi connectivity index (χ1v) is 6.86. The monoisotopic (exact) mass is 272 g/mol. The molecule has 0 aliphatic heterocycles. The largest absolute Gasteiger partial charge is 0.467 e. The molecule has 0 aliphatic rings. The summed E-state index contributed by atoms with van der Waals surface area (Å²) in [5.74, 6) is 0.547. The Morgan fingerprint density at radius 2 is 2.00 bits per heavy atom. The fraction of sp³-hybridized carbons (Fsp3) is 0.312. The fourth-order valence-corrected chi connectivity index (χ4v) is 2.11. The zero-order chi connectivity index (χ0) is 14.4. The average Bonchev–Trinajstić information content (AvgIpc) is 2.99. The van der Waals surface area contributed by atoms with Gasteiger partial charge in [0.2, 0.25) is 5.91 Å². The van der Waals surface area contributed by atoms with Crippen LogP contribution in [0.5, 0.6) is 0 Å². The van der Waals surface area contributed by atoms with Gasteiger partial charge in [0.15, 0.2) is 0 Å². The highest BCUT2D eigenvalue weighted by Gasteiger charge is 2.22. The Hall–Kier alpha value is -2.07. The SMILES string of the molecule is CCC[C@H](N)C(=O)NC(c1ccccc1)c1ccco1. The highest BCUT2D eigenvalue weighted by molar-refractivity contribution is 5.82. The van der Waals surface area contributed by atoms with E-state index in [1.807, 2.05) is 49.4 Å². The van der Waals surface area contributed by atoms with Crippen molar-refractivity contribution in [2.75, 3.05) is 0 Å². The lowest BCUT2D eigenvalue weighted by atomic mass is 10.0. The first-order chi connectivity index (χ1) is 9.72. The maximum Gasteiger partial charge on any atom is 0.237 e. The van der Waals surface area contributed by atoms with Crippen molar-refractivity contribution in [3.05, 3.63) is 60.1 Å². The highest BCUT2D eigenvalue weighted by Crippen LogP contribution is 2.22. The zero-order valence-corrected chi connectivity index (χ0v) is 11.6. The van der Waals surface area contributed by atoms with E-state index in [1.54, 1.807) is 6.26 Å². The third-order valence-corrected chi connectivity index (χ3v) is 3.18. The predicted octanol–water partition coefficient (Wildman–Crippen LogP) is 2.61. The zero-order valence-electron chi connectivity index (χ0n) is 11.6. The van der Waals surface area contributed by atoms with Crippen LogP contribution in [0.2, 0.25) is 0 Å². The molecular formula is C16H20N2O2. The third-order valence-electron chi connectivity index (χ3n) is 3.18. The van der Waals surface area contributed by atoms with Gasteiger partial charge in [-0.15, -0.1) is 0 Å². The summed E-state index contributed by atoms with van der Waals surface area (Å²) in [4.78, 5) is 12.1. The molecule has 0 aliphatic carbocycles. The first-order valence-electron chi connectivity index (χ1n) is 6.86. The number of carbonyl (C=O) groups excluding carboxylic acids is 1. The number of carbonyl (C=O) groups is 1. The van der Waals surface area contributed by atoms with Crippen LogP contribution in [0.4, 0.5) is 0 Å². The first kappa shape index (κ1) is 14.3. The van der Waals surface area contributed by atoms with Crippen molar-refractivity contribution in [3.63, 3.8) is 0 Å². The molecule has 2 aromatic rings. The van der Waals surface area contributed by atoms with Crippen LogP contribution in [0.25, 0.3) is 0 Å². The molecule has 0 bridgehead atoms. The Morgan fingerprint density at radius 3 is 2.60 bits per heavy atom. The van der Waals surface area contributed by atoms with Gasteiger partial charge >= 0.3 is 0 Å². The second-order valence-corrected chi connectivity index (χ2v) is 4.76. The Bertz CT molecular complexity index is 523. The number of benzene rings is 1. The van der Waals surface area contributed by atoms with Gasteiger partial charge in [0.25, 0.3) is 0 Å². The van der Waals surface area contributed by atoms with Gasteiger partial charge in [-0.05, 0) is 24.1 Å². The van der Waals surface area contributed by atoms with Crippen molar-refractivity contribution in [1.29, 1.82) is 0 Å². The molecule has 0 spiro atoms. The molecule has 0 saturated heterocycles. The fourth-order valence-electron chi connectivity index (χ4n) is 2.11. The van der Waals surface area contributed by atoms with Gasteiger partial charge < -0.3 is 15.5 Å². The number of amides is 1. The van der Waals surface area contributed by atoms with Crippen molar-refractivity contribution in [2.24, 2.45) is 5.73 Å². The van der Waals surface area contributed by atoms with Gasteiger partial charge in [-0.3, -0.25) is 4.79 Å². The summed E-state index contributed by atoms with van der Waals surface area (Å²) in [5, 5.41) is 2.96. The van der Waals surface area contributed by atoms with E-state index in [-0.39, 0.29) is 11.9 Å². The minimum absolute atomic E-state index is 0.155. The molecule has 0 saturated carbocycles. The summed E-state index contributed by atoms with van der Waals surface area (Å²) in [6.45, 7) is 2.01. The van der Waals surface area contributed by atoms with E-state index in [4.69, 9.17) is 10.2 Å². The molecule has 1 heterocycles. The van der Waals surface area contributed by atoms with Crippen LogP contribution in [-0.2, 0) is 4.79 Å². The highest BCUT2D eigenvalue weighted by atomic mass is 16.3. The molecule has 2 atom stereocenters. The van der Waals surface area contributed by atoms with Crippen LogP contribution in [0.15, 0.2) is 53.1 Å². The summed E-state index contributed by atoms with van der Waals surface area (Å²) in [7, 11) is 0. The molecule has 4 nitrogen and oxygen atoms in total. The smallest absolute Gasteiger partial charge is 0.237 e. The van der Waals surface area contributed by atoms with E-state index in [2.05, 4.69) is 5.32 Å². The molecule has 1 aromatic carbocycles. The van der Waals surface area contributed by atoms with Crippen LogP contribution < -0.4 is 11.1 Å². The van der Waals surface area contributed by atoms with E-state index < -0.39 is 6.04 Å². The van der Waals surface area contributed by atoms with Gasteiger partial charge in [0.05, 0.1) is 12.3 Å². The van der Waals surface area contributed by atoms with Crippen molar-refractivity contribution in [3.8, 4) is 0 Å². The molecule has 3 N–H and O–H groups in total. The molecule has 4 heteroatoms. The maximum atomic E-state index is 12.1. The maximum absolute atomic E-state index is 12.1. The standard InChI is InChI=1S/C16H20N2O2/c1-2-7-13(17)16(19)18-15(14-10-6-11-20-14)12-8-4-3-5-9-12/h3-6,8-11,13,15H,2,7,17H2,1H3,(H,18,19)/t13-,15?/m0/s1. The number of hydrogen-bond donors (Lipinski definition) is 2. The molecule has 1 amide bonds. The number of nitrogens with two attached hydrogens (primary N) is 1. The van der Waals surface area contributed by atoms with Crippen molar-refractivity contribution < 1.29 is 9.21 Å². The third kappa shape index (κ3) is 3.48. The van der Waals surface area contributed by atoms with Gasteiger partial charge in [0.1, 0.15) is 11.8 Å². The lowest BCUT2D eigenvalue weighted by molar-refractivity contribution is -0.123. The van der Waals surface area contributed by atoms with Gasteiger partial charge in [-0.25, -0.2) is 0 Å². The molecule has 1 unspecified atom stereocenters. The Labute approximate surface area is 119 Å². The van der Waals surface area contributed by atoms with E-state index in [0.29, 0.717) is 12.2 Å². The second kappa shape index (κ2) is 6.91. The summed E-state index contributed by atoms with van der Waals surface area (Å²) in [6.07, 6.45) is 3.15. The summed E-state index contributed by atoms with van der Waals surface area (Å²) >= 11 is 0. The molecule has 0 fully saturated rings. The summed E-state index contributed by atoms with van der Waals surface area (Å²) in [5.41, 5.74) is 6.84. The molecule has 20 heavy (non-hydrogen) atoms. The van der Waals surface area contributed by atoms with Gasteiger partial charge in [-0.1, -0.05) is 43.7 Å². The normalized spacial score (nSPS) is 13.7. The van der Waals surface area contributed by atoms with E-state index in [1.165, 1.54) is 0 Å². The van der Waals surface area contributed by atoms with Gasteiger partial charge in [-0.2, -0.15) is 0 Å². The molecule has 0 radical (unpaired) electrons. The van der Waals surface area contributed by atoms with E-state index in [9.17, 15) is 4.79 Å². The molecule has 1 aromatic heterocycles. The number of rotatable bonds is 6. The lowest BCUT2D eigenvalue weighted by Gasteiger charge is -2.19. The van der Waals surface area contributed by atoms with Crippen LogP contribution in [-0.4, -0.2) is 11.9 Å².